The Bertz CT molecular complexity index is 1050. The maximum absolute atomic E-state index is 13.1. The Morgan fingerprint density at radius 2 is 1.89 bits per heavy atom. The predicted octanol–water partition coefficient (Wildman–Crippen LogP) is 4.89. The van der Waals surface area contributed by atoms with Gasteiger partial charge in [0.15, 0.2) is 5.76 Å². The number of carbonyl (C=O) groups is 1. The minimum absolute atomic E-state index is 0.0927. The highest BCUT2D eigenvalue weighted by Crippen LogP contribution is 2.38. The first-order valence-electron chi connectivity index (χ1n) is 8.69. The number of rotatable bonds is 3. The maximum Gasteiger partial charge on any atom is 0.416 e. The van der Waals surface area contributed by atoms with E-state index in [1.807, 2.05) is 36.4 Å². The fourth-order valence-electron chi connectivity index (χ4n) is 3.42. The number of hydrogen-bond donors (Lipinski definition) is 1. The first-order valence-corrected chi connectivity index (χ1v) is 8.69. The smallest absolute Gasteiger partial charge is 0.416 e. The summed E-state index contributed by atoms with van der Waals surface area (Å²) in [7, 11) is 1.56. The normalized spacial score (nSPS) is 19.9. The summed E-state index contributed by atoms with van der Waals surface area (Å²) in [6, 6.07) is 12.5. The van der Waals surface area contributed by atoms with Crippen LogP contribution in [0.3, 0.4) is 0 Å². The molecule has 0 fully saturated rings. The zero-order chi connectivity index (χ0) is 19.9. The minimum atomic E-state index is -4.49. The molecule has 1 aliphatic heterocycles. The van der Waals surface area contributed by atoms with Gasteiger partial charge in [-0.2, -0.15) is 13.2 Å². The molecule has 0 amide bonds. The van der Waals surface area contributed by atoms with Gasteiger partial charge in [-0.1, -0.05) is 48.6 Å². The molecule has 1 heterocycles. The van der Waals surface area contributed by atoms with Crippen LogP contribution in [0.25, 0.3) is 11.6 Å². The Morgan fingerprint density at radius 3 is 2.64 bits per heavy atom. The number of hydrogen-bond acceptors (Lipinski definition) is 3. The predicted molar refractivity (Wildman–Crippen MR) is 99.8 cm³/mol. The minimum Gasteiger partial charge on any atom is -0.437 e. The van der Waals surface area contributed by atoms with E-state index in [2.05, 4.69) is 5.32 Å². The third kappa shape index (κ3) is 3.11. The Labute approximate surface area is 159 Å². The van der Waals surface area contributed by atoms with Gasteiger partial charge in [0.2, 0.25) is 11.7 Å². The molecule has 0 spiro atoms. The maximum atomic E-state index is 13.1. The lowest BCUT2D eigenvalue weighted by Gasteiger charge is -2.09. The molecule has 1 N–H and O–H groups in total. The molecule has 6 heteroatoms. The van der Waals surface area contributed by atoms with Gasteiger partial charge in [0, 0.05) is 13.0 Å². The Balaban J connectivity index is 1.69. The monoisotopic (exact) mass is 383 g/mol. The molecule has 1 atom stereocenters. The molecule has 2 aliphatic rings. The number of ether oxygens (including phenoxy) is 1. The van der Waals surface area contributed by atoms with Crippen LogP contribution in [0.4, 0.5) is 13.2 Å². The number of Topliss-reactive ketones (excluding diaryl/α,β-unsaturated/α-hetero) is 1. The lowest BCUT2D eigenvalue weighted by atomic mass is 9.96. The molecule has 0 radical (unpaired) electrons. The van der Waals surface area contributed by atoms with Crippen LogP contribution in [0.2, 0.25) is 0 Å². The number of ketones is 1. The Morgan fingerprint density at radius 1 is 1.11 bits per heavy atom. The summed E-state index contributed by atoms with van der Waals surface area (Å²) >= 11 is 0. The first-order chi connectivity index (χ1) is 13.4. The summed E-state index contributed by atoms with van der Waals surface area (Å²) < 4.78 is 44.8. The molecule has 2 aromatic rings. The summed E-state index contributed by atoms with van der Waals surface area (Å²) in [4.78, 5) is 12.9. The van der Waals surface area contributed by atoms with Gasteiger partial charge in [0.1, 0.15) is 0 Å². The quantitative estimate of drug-likeness (QED) is 0.768. The second-order valence-electron chi connectivity index (χ2n) is 6.51. The number of halogens is 3. The molecule has 142 valence electrons. The standard InChI is InChI=1S/C22H16F3NO2/c1-26-21-19(15-6-4-7-16(11-15)22(23,24)25)20(27)18(28-21)12-14-10-9-13-5-2-3-8-17(13)14/h2-12,14,26H,1H3. The van der Waals surface area contributed by atoms with Crippen LogP contribution in [-0.4, -0.2) is 12.8 Å². The number of nitrogens with one attached hydrogen (secondary N) is 1. The van der Waals surface area contributed by atoms with Crippen molar-refractivity contribution in [1.29, 1.82) is 0 Å². The van der Waals surface area contributed by atoms with Crippen molar-refractivity contribution in [2.75, 3.05) is 7.05 Å². The van der Waals surface area contributed by atoms with Gasteiger partial charge >= 0.3 is 6.18 Å². The van der Waals surface area contributed by atoms with Gasteiger partial charge in [-0.15, -0.1) is 0 Å². The zero-order valence-electron chi connectivity index (χ0n) is 14.9. The van der Waals surface area contributed by atoms with Gasteiger partial charge in [0.05, 0.1) is 11.1 Å². The van der Waals surface area contributed by atoms with Gasteiger partial charge in [-0.3, -0.25) is 4.79 Å². The molecule has 28 heavy (non-hydrogen) atoms. The van der Waals surface area contributed by atoms with Crippen molar-refractivity contribution in [3.05, 3.63) is 94.6 Å². The van der Waals surface area contributed by atoms with Crippen molar-refractivity contribution in [3.8, 4) is 0 Å². The van der Waals surface area contributed by atoms with Crippen molar-refractivity contribution in [2.24, 2.45) is 0 Å². The van der Waals surface area contributed by atoms with Crippen molar-refractivity contribution in [2.45, 2.75) is 12.1 Å². The second kappa shape index (κ2) is 6.71. The van der Waals surface area contributed by atoms with E-state index < -0.39 is 17.5 Å². The topological polar surface area (TPSA) is 38.3 Å². The molecule has 2 aromatic carbocycles. The molecule has 0 saturated heterocycles. The lowest BCUT2D eigenvalue weighted by Crippen LogP contribution is -2.09. The summed E-state index contributed by atoms with van der Waals surface area (Å²) in [5.41, 5.74) is 1.55. The molecule has 3 nitrogen and oxygen atoms in total. The highest BCUT2D eigenvalue weighted by molar-refractivity contribution is 6.30. The van der Waals surface area contributed by atoms with Crippen LogP contribution in [0.5, 0.6) is 0 Å². The van der Waals surface area contributed by atoms with Crippen LogP contribution in [-0.2, 0) is 15.7 Å². The molecule has 1 unspecified atom stereocenters. The van der Waals surface area contributed by atoms with Crippen LogP contribution >= 0.6 is 0 Å². The first kappa shape index (κ1) is 18.1. The number of carbonyl (C=O) groups excluding carboxylic acids is 1. The van der Waals surface area contributed by atoms with E-state index in [4.69, 9.17) is 4.74 Å². The molecule has 4 rings (SSSR count). The molecule has 0 bridgehead atoms. The molecule has 1 aliphatic carbocycles. The van der Waals surface area contributed by atoms with Gasteiger partial charge in [0.25, 0.3) is 0 Å². The molecule has 0 aromatic heterocycles. The van der Waals surface area contributed by atoms with E-state index in [0.29, 0.717) is 0 Å². The lowest BCUT2D eigenvalue weighted by molar-refractivity contribution is -0.137. The molecule has 0 saturated carbocycles. The van der Waals surface area contributed by atoms with Gasteiger partial charge in [-0.05, 0) is 34.9 Å². The van der Waals surface area contributed by atoms with Crippen molar-refractivity contribution in [3.63, 3.8) is 0 Å². The second-order valence-corrected chi connectivity index (χ2v) is 6.51. The van der Waals surface area contributed by atoms with Crippen molar-refractivity contribution < 1.29 is 22.7 Å². The van der Waals surface area contributed by atoms with Crippen LogP contribution < -0.4 is 5.32 Å². The van der Waals surface area contributed by atoms with Crippen LogP contribution in [0.15, 0.2) is 72.3 Å². The Hall–Kier alpha value is -3.28. The fraction of sp³-hybridized carbons (Fsp3) is 0.136. The summed E-state index contributed by atoms with van der Waals surface area (Å²) in [5.74, 6) is -0.329. The third-order valence-electron chi connectivity index (χ3n) is 4.76. The van der Waals surface area contributed by atoms with Crippen LogP contribution in [0.1, 0.15) is 28.2 Å². The van der Waals surface area contributed by atoms with E-state index in [-0.39, 0.29) is 28.7 Å². The SMILES string of the molecule is CNC1=C(c2cccc(C(F)(F)F)c2)C(=O)C(=CC2C=Cc3ccccc32)O1. The molecular weight excluding hydrogens is 367 g/mol. The third-order valence-corrected chi connectivity index (χ3v) is 4.76. The van der Waals surface area contributed by atoms with Gasteiger partial charge < -0.3 is 10.1 Å². The number of alkyl halides is 3. The highest BCUT2D eigenvalue weighted by atomic mass is 19.4. The summed E-state index contributed by atoms with van der Waals surface area (Å²) in [5, 5.41) is 2.77. The highest BCUT2D eigenvalue weighted by Gasteiger charge is 2.35. The van der Waals surface area contributed by atoms with E-state index >= 15 is 0 Å². The van der Waals surface area contributed by atoms with Crippen molar-refractivity contribution >= 4 is 17.4 Å². The van der Waals surface area contributed by atoms with Crippen molar-refractivity contribution in [1.82, 2.24) is 5.32 Å². The average molecular weight is 383 g/mol. The fourth-order valence-corrected chi connectivity index (χ4v) is 3.42. The number of benzene rings is 2. The summed E-state index contributed by atoms with van der Waals surface area (Å²) in [6.45, 7) is 0. The zero-order valence-corrected chi connectivity index (χ0v) is 14.9. The van der Waals surface area contributed by atoms with E-state index in [9.17, 15) is 18.0 Å². The largest absolute Gasteiger partial charge is 0.437 e. The van der Waals surface area contributed by atoms with E-state index in [1.165, 1.54) is 12.1 Å². The van der Waals surface area contributed by atoms with E-state index in [1.54, 1.807) is 13.1 Å². The van der Waals surface area contributed by atoms with E-state index in [0.717, 1.165) is 23.3 Å². The Kier molecular flexibility index (Phi) is 4.34. The van der Waals surface area contributed by atoms with Gasteiger partial charge in [-0.25, -0.2) is 0 Å². The average Bonchev–Trinajstić information content (AvgIpc) is 3.23. The van der Waals surface area contributed by atoms with Crippen LogP contribution in [0, 0.1) is 0 Å². The number of allylic oxidation sites excluding steroid dienone is 3. The number of fused-ring (bicyclic) bond motifs is 1. The summed E-state index contributed by atoms with van der Waals surface area (Å²) in [6.07, 6.45) is 1.13. The molecular formula is C22H16F3NO2.